The fraction of sp³-hybridized carbons (Fsp3) is 0.571. The van der Waals surface area contributed by atoms with E-state index >= 15 is 0 Å². The lowest BCUT2D eigenvalue weighted by atomic mass is 10.1. The molecule has 0 saturated carbocycles. The third-order valence-electron chi connectivity index (χ3n) is 6.21. The lowest BCUT2D eigenvalue weighted by Crippen LogP contribution is -2.64. The number of benzene rings is 1. The van der Waals surface area contributed by atoms with Gasteiger partial charge in [0, 0.05) is 39.8 Å². The summed E-state index contributed by atoms with van der Waals surface area (Å²) in [5.74, 6) is 0.665. The van der Waals surface area contributed by atoms with Gasteiger partial charge in [-0.2, -0.15) is 0 Å². The maximum atomic E-state index is 12.7. The zero-order valence-corrected chi connectivity index (χ0v) is 17.3. The molecule has 2 atom stereocenters. The number of hydrogen-bond acceptors (Lipinski definition) is 6. The van der Waals surface area contributed by atoms with Crippen molar-refractivity contribution in [1.82, 2.24) is 24.9 Å². The molecule has 29 heavy (non-hydrogen) atoms. The third kappa shape index (κ3) is 4.13. The van der Waals surface area contributed by atoms with Crippen molar-refractivity contribution < 1.29 is 9.59 Å². The molecule has 0 bridgehead atoms. The summed E-state index contributed by atoms with van der Waals surface area (Å²) in [6.45, 7) is 8.79. The lowest BCUT2D eigenvalue weighted by Gasteiger charge is -2.38. The van der Waals surface area contributed by atoms with Crippen molar-refractivity contribution in [1.29, 1.82) is 0 Å². The van der Waals surface area contributed by atoms with Crippen molar-refractivity contribution >= 4 is 17.8 Å². The molecule has 0 spiro atoms. The Morgan fingerprint density at radius 2 is 1.76 bits per heavy atom. The summed E-state index contributed by atoms with van der Waals surface area (Å²) in [5.41, 5.74) is 1.23. The molecule has 8 heteroatoms. The molecule has 1 N–H and O–H groups in total. The number of fused-ring (bicyclic) bond motifs is 1. The van der Waals surface area contributed by atoms with Gasteiger partial charge in [-0.05, 0) is 18.5 Å². The first-order valence-electron chi connectivity index (χ1n) is 10.5. The van der Waals surface area contributed by atoms with Crippen LogP contribution in [0, 0.1) is 0 Å². The minimum Gasteiger partial charge on any atom is -0.343 e. The van der Waals surface area contributed by atoms with Gasteiger partial charge in [-0.15, -0.1) is 0 Å². The molecule has 2 unspecified atom stereocenters. The van der Waals surface area contributed by atoms with E-state index in [1.165, 1.54) is 5.56 Å². The smallest absolute Gasteiger partial charge is 0.325 e. The number of nitrogens with zero attached hydrogens (tertiary/aromatic N) is 5. The number of urea groups is 1. The van der Waals surface area contributed by atoms with Crippen LogP contribution in [0.1, 0.15) is 12.5 Å². The van der Waals surface area contributed by atoms with Crippen molar-refractivity contribution in [3.05, 3.63) is 35.9 Å². The van der Waals surface area contributed by atoms with Gasteiger partial charge < -0.3 is 14.7 Å². The SMILES string of the molecule is CCN1CCN(CC2=NC3C(C(=O)NC(=O)N3C)N2CCc2ccccc2)CC1. The number of nitrogens with one attached hydrogen (secondary N) is 1. The number of piperazine rings is 1. The van der Waals surface area contributed by atoms with Crippen LogP contribution in [0.4, 0.5) is 4.79 Å². The number of aliphatic imine (C=N–C) groups is 1. The van der Waals surface area contributed by atoms with Crippen molar-refractivity contribution in [2.24, 2.45) is 4.99 Å². The molecule has 1 aromatic carbocycles. The second-order valence-electron chi connectivity index (χ2n) is 7.95. The lowest BCUT2D eigenvalue weighted by molar-refractivity contribution is -0.127. The van der Waals surface area contributed by atoms with Crippen LogP contribution in [0.5, 0.6) is 0 Å². The molecule has 4 rings (SSSR count). The van der Waals surface area contributed by atoms with E-state index in [2.05, 4.69) is 39.1 Å². The minimum absolute atomic E-state index is 0.249. The zero-order chi connectivity index (χ0) is 20.4. The largest absolute Gasteiger partial charge is 0.343 e. The van der Waals surface area contributed by atoms with Crippen LogP contribution in [0.25, 0.3) is 0 Å². The molecular weight excluding hydrogens is 368 g/mol. The number of carbonyl (C=O) groups excluding carboxylic acids is 2. The fourth-order valence-electron chi connectivity index (χ4n) is 4.34. The average Bonchev–Trinajstić information content (AvgIpc) is 3.10. The van der Waals surface area contributed by atoms with Gasteiger partial charge in [-0.1, -0.05) is 37.3 Å². The normalized spacial score (nSPS) is 25.8. The van der Waals surface area contributed by atoms with Gasteiger partial charge in [-0.3, -0.25) is 15.0 Å². The second kappa shape index (κ2) is 8.51. The van der Waals surface area contributed by atoms with Crippen molar-refractivity contribution in [3.8, 4) is 0 Å². The van der Waals surface area contributed by atoms with E-state index in [1.54, 1.807) is 11.9 Å². The standard InChI is InChI=1S/C21H30N6O2/c1-3-25-11-13-26(14-12-25)15-17-22-19-18(20(28)23-21(29)24(19)2)27(17)10-9-16-7-5-4-6-8-16/h4-8,18-19H,3,9-15H2,1-2H3,(H,23,28,29). The Bertz CT molecular complexity index is 775. The molecule has 2 saturated heterocycles. The monoisotopic (exact) mass is 398 g/mol. The van der Waals surface area contributed by atoms with E-state index in [-0.39, 0.29) is 11.9 Å². The minimum atomic E-state index is -0.451. The molecule has 1 aromatic rings. The number of amidine groups is 1. The van der Waals surface area contributed by atoms with Crippen LogP contribution < -0.4 is 5.32 Å². The molecule has 0 radical (unpaired) electrons. The van der Waals surface area contributed by atoms with Crippen molar-refractivity contribution in [2.45, 2.75) is 25.6 Å². The van der Waals surface area contributed by atoms with Crippen molar-refractivity contribution in [3.63, 3.8) is 0 Å². The molecule has 0 aliphatic carbocycles. The molecule has 2 fully saturated rings. The zero-order valence-electron chi connectivity index (χ0n) is 17.3. The first-order chi connectivity index (χ1) is 14.1. The number of imide groups is 1. The van der Waals surface area contributed by atoms with E-state index in [0.717, 1.165) is 45.0 Å². The molecule has 156 valence electrons. The summed E-state index contributed by atoms with van der Waals surface area (Å²) in [6, 6.07) is 9.45. The predicted molar refractivity (Wildman–Crippen MR) is 112 cm³/mol. The van der Waals surface area contributed by atoms with E-state index in [9.17, 15) is 9.59 Å². The quantitative estimate of drug-likeness (QED) is 0.754. The number of hydrogen-bond donors (Lipinski definition) is 1. The van der Waals surface area contributed by atoms with Gasteiger partial charge >= 0.3 is 6.03 Å². The summed E-state index contributed by atoms with van der Waals surface area (Å²) in [6.07, 6.45) is 0.386. The van der Waals surface area contributed by atoms with E-state index < -0.39 is 12.2 Å². The fourth-order valence-corrected chi connectivity index (χ4v) is 4.34. The van der Waals surface area contributed by atoms with Gasteiger partial charge in [-0.25, -0.2) is 9.79 Å². The maximum Gasteiger partial charge on any atom is 0.325 e. The summed E-state index contributed by atoms with van der Waals surface area (Å²) in [7, 11) is 1.71. The van der Waals surface area contributed by atoms with Crippen LogP contribution in [0.3, 0.4) is 0 Å². The van der Waals surface area contributed by atoms with Crippen molar-refractivity contribution in [2.75, 3.05) is 52.9 Å². The first-order valence-corrected chi connectivity index (χ1v) is 10.5. The third-order valence-corrected chi connectivity index (χ3v) is 6.21. The highest BCUT2D eigenvalue weighted by Gasteiger charge is 2.48. The molecule has 3 aliphatic rings. The Morgan fingerprint density at radius 3 is 2.45 bits per heavy atom. The second-order valence-corrected chi connectivity index (χ2v) is 7.95. The van der Waals surface area contributed by atoms with Gasteiger partial charge in [0.05, 0.1) is 6.54 Å². The van der Waals surface area contributed by atoms with Crippen LogP contribution in [-0.4, -0.2) is 102 Å². The summed E-state index contributed by atoms with van der Waals surface area (Å²) < 4.78 is 0. The summed E-state index contributed by atoms with van der Waals surface area (Å²) >= 11 is 0. The van der Waals surface area contributed by atoms with Crippen LogP contribution in [0.2, 0.25) is 0 Å². The Hall–Kier alpha value is -2.45. The molecule has 3 amide bonds. The molecule has 3 aliphatic heterocycles. The Labute approximate surface area is 172 Å². The number of carbonyl (C=O) groups is 2. The van der Waals surface area contributed by atoms with E-state index in [0.29, 0.717) is 13.1 Å². The van der Waals surface area contributed by atoms with E-state index in [4.69, 9.17) is 4.99 Å². The first kappa shape index (κ1) is 19.8. The maximum absolute atomic E-state index is 12.7. The number of likely N-dealkylation sites (N-methyl/N-ethyl adjacent to an activating group) is 2. The molecule has 8 nitrogen and oxygen atoms in total. The van der Waals surface area contributed by atoms with Gasteiger partial charge in [0.1, 0.15) is 5.84 Å². The predicted octanol–water partition coefficient (Wildman–Crippen LogP) is 0.457. The highest BCUT2D eigenvalue weighted by atomic mass is 16.2. The van der Waals surface area contributed by atoms with Crippen LogP contribution >= 0.6 is 0 Å². The molecule has 3 heterocycles. The van der Waals surface area contributed by atoms with Crippen LogP contribution in [-0.2, 0) is 11.2 Å². The molecular formula is C21H30N6O2. The van der Waals surface area contributed by atoms with E-state index in [1.807, 2.05) is 18.2 Å². The highest BCUT2D eigenvalue weighted by Crippen LogP contribution is 2.25. The number of amides is 3. The Balaban J connectivity index is 1.51. The van der Waals surface area contributed by atoms with Gasteiger partial charge in [0.25, 0.3) is 5.91 Å². The summed E-state index contributed by atoms with van der Waals surface area (Å²) in [5, 5.41) is 2.48. The topological polar surface area (TPSA) is 71.5 Å². The summed E-state index contributed by atoms with van der Waals surface area (Å²) in [4.78, 5) is 38.1. The molecule has 0 aromatic heterocycles. The Morgan fingerprint density at radius 1 is 1.07 bits per heavy atom. The highest BCUT2D eigenvalue weighted by molar-refractivity contribution is 6.04. The van der Waals surface area contributed by atoms with Crippen LogP contribution in [0.15, 0.2) is 35.3 Å². The van der Waals surface area contributed by atoms with Gasteiger partial charge in [0.2, 0.25) is 0 Å². The van der Waals surface area contributed by atoms with Gasteiger partial charge in [0.15, 0.2) is 12.2 Å². The Kier molecular flexibility index (Phi) is 5.82. The average molecular weight is 399 g/mol. The number of rotatable bonds is 6.